The van der Waals surface area contributed by atoms with Crippen LogP contribution in [0.1, 0.15) is 38.3 Å². The second-order valence-electron chi connectivity index (χ2n) is 4.87. The summed E-state index contributed by atoms with van der Waals surface area (Å²) in [6.07, 6.45) is 0. The molecule has 0 saturated carbocycles. The van der Waals surface area contributed by atoms with E-state index in [9.17, 15) is 0 Å². The summed E-state index contributed by atoms with van der Waals surface area (Å²) in [6.45, 7) is 9.01. The fraction of sp³-hybridized carbons (Fsp3) is 0.667. The van der Waals surface area contributed by atoms with Gasteiger partial charge in [0.2, 0.25) is 0 Å². The molecule has 86 valence electrons. The summed E-state index contributed by atoms with van der Waals surface area (Å²) in [5.41, 5.74) is -0.0874. The van der Waals surface area contributed by atoms with Crippen LogP contribution in [0.15, 0.2) is 16.5 Å². The van der Waals surface area contributed by atoms with Crippen LogP contribution in [0.5, 0.6) is 0 Å². The first-order chi connectivity index (χ1) is 6.94. The highest BCUT2D eigenvalue weighted by molar-refractivity contribution is 5.08. The molecule has 0 spiro atoms. The normalized spacial score (nSPS) is 14.2. The lowest BCUT2D eigenvalue weighted by Crippen LogP contribution is -2.33. The van der Waals surface area contributed by atoms with Crippen LogP contribution in [-0.2, 0) is 0 Å². The largest absolute Gasteiger partial charge is 0.465 e. The fourth-order valence-electron chi connectivity index (χ4n) is 1.27. The van der Waals surface area contributed by atoms with E-state index in [4.69, 9.17) is 9.52 Å². The van der Waals surface area contributed by atoms with E-state index in [0.717, 1.165) is 18.1 Å². The average molecular weight is 211 g/mol. The quantitative estimate of drug-likeness (QED) is 0.785. The minimum Gasteiger partial charge on any atom is -0.465 e. The van der Waals surface area contributed by atoms with Crippen molar-refractivity contribution >= 4 is 0 Å². The van der Waals surface area contributed by atoms with Crippen LogP contribution in [0, 0.1) is 12.3 Å². The molecule has 0 bridgehead atoms. The van der Waals surface area contributed by atoms with E-state index in [1.807, 2.05) is 32.9 Å². The first kappa shape index (κ1) is 12.3. The zero-order chi connectivity index (χ0) is 11.5. The molecule has 0 aliphatic heterocycles. The maximum Gasteiger partial charge on any atom is 0.120 e. The van der Waals surface area contributed by atoms with Crippen molar-refractivity contribution in [2.45, 2.75) is 33.7 Å². The minimum absolute atomic E-state index is 0.0874. The molecule has 0 saturated heterocycles. The van der Waals surface area contributed by atoms with Gasteiger partial charge in [0.25, 0.3) is 0 Å². The summed E-state index contributed by atoms with van der Waals surface area (Å²) in [4.78, 5) is 0. The highest BCUT2D eigenvalue weighted by Gasteiger charge is 2.18. The molecule has 3 nitrogen and oxygen atoms in total. The highest BCUT2D eigenvalue weighted by atomic mass is 16.3. The van der Waals surface area contributed by atoms with Crippen LogP contribution in [0.2, 0.25) is 0 Å². The van der Waals surface area contributed by atoms with E-state index in [2.05, 4.69) is 12.2 Å². The summed E-state index contributed by atoms with van der Waals surface area (Å²) in [5, 5.41) is 12.5. The van der Waals surface area contributed by atoms with Crippen molar-refractivity contribution in [3.63, 3.8) is 0 Å². The molecule has 0 aliphatic rings. The van der Waals surface area contributed by atoms with Gasteiger partial charge in [0.15, 0.2) is 0 Å². The van der Waals surface area contributed by atoms with Crippen LogP contribution in [0.25, 0.3) is 0 Å². The van der Waals surface area contributed by atoms with Gasteiger partial charge >= 0.3 is 0 Å². The lowest BCUT2D eigenvalue weighted by molar-refractivity contribution is 0.152. The van der Waals surface area contributed by atoms with E-state index in [0.29, 0.717) is 0 Å². The van der Waals surface area contributed by atoms with Crippen molar-refractivity contribution in [3.05, 3.63) is 23.7 Å². The van der Waals surface area contributed by atoms with Crippen molar-refractivity contribution in [2.75, 3.05) is 13.2 Å². The van der Waals surface area contributed by atoms with Gasteiger partial charge in [-0.3, -0.25) is 0 Å². The summed E-state index contributed by atoms with van der Waals surface area (Å²) < 4.78 is 5.52. The Bertz CT molecular complexity index is 304. The molecule has 2 N–H and O–H groups in total. The van der Waals surface area contributed by atoms with Gasteiger partial charge in [0.05, 0.1) is 6.04 Å². The standard InChI is InChI=1S/C12H21NO2/c1-9-5-6-11(15-9)10(2)13-7-12(3,4)8-14/h5-6,10,13-14H,7-8H2,1-4H3. The maximum absolute atomic E-state index is 9.12. The Balaban J connectivity index is 2.46. The predicted molar refractivity (Wildman–Crippen MR) is 60.7 cm³/mol. The maximum atomic E-state index is 9.12. The van der Waals surface area contributed by atoms with Crippen LogP contribution < -0.4 is 5.32 Å². The molecule has 15 heavy (non-hydrogen) atoms. The number of furan rings is 1. The molecule has 3 heteroatoms. The van der Waals surface area contributed by atoms with Crippen molar-refractivity contribution < 1.29 is 9.52 Å². The smallest absolute Gasteiger partial charge is 0.120 e. The number of hydrogen-bond acceptors (Lipinski definition) is 3. The molecule has 0 amide bonds. The van der Waals surface area contributed by atoms with Gasteiger partial charge in [-0.2, -0.15) is 0 Å². The summed E-state index contributed by atoms with van der Waals surface area (Å²) in [5.74, 6) is 1.88. The number of nitrogens with one attached hydrogen (secondary N) is 1. The Labute approximate surface area is 91.5 Å². The first-order valence-corrected chi connectivity index (χ1v) is 5.35. The molecule has 1 aromatic rings. The van der Waals surface area contributed by atoms with Crippen molar-refractivity contribution in [3.8, 4) is 0 Å². The summed E-state index contributed by atoms with van der Waals surface area (Å²) >= 11 is 0. The Morgan fingerprint density at radius 3 is 2.60 bits per heavy atom. The number of hydrogen-bond donors (Lipinski definition) is 2. The molecule has 1 rings (SSSR count). The fourth-order valence-corrected chi connectivity index (χ4v) is 1.27. The van der Waals surface area contributed by atoms with E-state index >= 15 is 0 Å². The number of aliphatic hydroxyl groups is 1. The second kappa shape index (κ2) is 4.81. The SMILES string of the molecule is Cc1ccc(C(C)NCC(C)(C)CO)o1. The molecule has 1 aromatic heterocycles. The summed E-state index contributed by atoms with van der Waals surface area (Å²) in [7, 11) is 0. The van der Waals surface area contributed by atoms with Gasteiger partial charge in [-0.05, 0) is 26.0 Å². The first-order valence-electron chi connectivity index (χ1n) is 5.35. The molecule has 0 aromatic carbocycles. The zero-order valence-electron chi connectivity index (χ0n) is 10.0. The Morgan fingerprint density at radius 1 is 1.47 bits per heavy atom. The van der Waals surface area contributed by atoms with Crippen molar-refractivity contribution in [1.29, 1.82) is 0 Å². The molecule has 0 radical (unpaired) electrons. The third kappa shape index (κ3) is 3.68. The number of aryl methyl sites for hydroxylation is 1. The molecular formula is C12H21NO2. The lowest BCUT2D eigenvalue weighted by Gasteiger charge is -2.24. The van der Waals surface area contributed by atoms with Crippen LogP contribution >= 0.6 is 0 Å². The molecule has 0 aliphatic carbocycles. The molecule has 1 heterocycles. The second-order valence-corrected chi connectivity index (χ2v) is 4.87. The summed E-state index contributed by atoms with van der Waals surface area (Å²) in [6, 6.07) is 4.13. The van der Waals surface area contributed by atoms with Gasteiger partial charge < -0.3 is 14.8 Å². The number of rotatable bonds is 5. The van der Waals surface area contributed by atoms with Crippen molar-refractivity contribution in [1.82, 2.24) is 5.32 Å². The monoisotopic (exact) mass is 211 g/mol. The van der Waals surface area contributed by atoms with E-state index in [1.165, 1.54) is 0 Å². The highest BCUT2D eigenvalue weighted by Crippen LogP contribution is 2.18. The van der Waals surface area contributed by atoms with Gasteiger partial charge in [0, 0.05) is 18.6 Å². The van der Waals surface area contributed by atoms with Gasteiger partial charge in [-0.15, -0.1) is 0 Å². The zero-order valence-corrected chi connectivity index (χ0v) is 10.0. The molecule has 1 unspecified atom stereocenters. The predicted octanol–water partition coefficient (Wildman–Crippen LogP) is 2.26. The molecular weight excluding hydrogens is 190 g/mol. The molecule has 1 atom stereocenters. The van der Waals surface area contributed by atoms with Crippen LogP contribution in [-0.4, -0.2) is 18.3 Å². The van der Waals surface area contributed by atoms with Crippen LogP contribution in [0.4, 0.5) is 0 Å². The van der Waals surface area contributed by atoms with Gasteiger partial charge in [-0.1, -0.05) is 13.8 Å². The molecule has 0 fully saturated rings. The Kier molecular flexibility index (Phi) is 3.94. The van der Waals surface area contributed by atoms with Gasteiger partial charge in [0.1, 0.15) is 11.5 Å². The third-order valence-corrected chi connectivity index (χ3v) is 2.50. The van der Waals surface area contributed by atoms with E-state index < -0.39 is 0 Å². The third-order valence-electron chi connectivity index (χ3n) is 2.50. The van der Waals surface area contributed by atoms with Gasteiger partial charge in [-0.25, -0.2) is 0 Å². The van der Waals surface area contributed by atoms with E-state index in [1.54, 1.807) is 0 Å². The Hall–Kier alpha value is -0.800. The average Bonchev–Trinajstić information content (AvgIpc) is 2.61. The topological polar surface area (TPSA) is 45.4 Å². The minimum atomic E-state index is -0.0874. The van der Waals surface area contributed by atoms with Crippen molar-refractivity contribution in [2.24, 2.45) is 5.41 Å². The number of aliphatic hydroxyl groups excluding tert-OH is 1. The Morgan fingerprint density at radius 2 is 2.13 bits per heavy atom. The van der Waals surface area contributed by atoms with E-state index in [-0.39, 0.29) is 18.1 Å². The van der Waals surface area contributed by atoms with Crippen LogP contribution in [0.3, 0.4) is 0 Å². The lowest BCUT2D eigenvalue weighted by atomic mass is 9.94.